The molecule has 6 nitrogen and oxygen atoms in total. The first-order valence-electron chi connectivity index (χ1n) is 13.2. The van der Waals surface area contributed by atoms with Gasteiger partial charge in [0.05, 0.1) is 11.4 Å². The summed E-state index contributed by atoms with van der Waals surface area (Å²) in [6.45, 7) is 7.08. The molecule has 37 heavy (non-hydrogen) atoms. The lowest BCUT2D eigenvalue weighted by molar-refractivity contribution is 0.257. The van der Waals surface area contributed by atoms with E-state index in [4.69, 9.17) is 0 Å². The van der Waals surface area contributed by atoms with Crippen LogP contribution in [0.4, 0.5) is 21.9 Å². The number of fused-ring (bicyclic) bond motifs is 2. The molecular formula is C31H33N5O. The van der Waals surface area contributed by atoms with Gasteiger partial charge in [-0.25, -0.2) is 4.79 Å². The molecule has 1 aromatic heterocycles. The number of carbonyl (C=O) groups excluding carboxylic acids is 1. The van der Waals surface area contributed by atoms with E-state index in [1.54, 1.807) is 0 Å². The third-order valence-corrected chi connectivity index (χ3v) is 7.80. The number of hydrogen-bond donors (Lipinski definition) is 1. The summed E-state index contributed by atoms with van der Waals surface area (Å²) in [6, 6.07) is 20.9. The van der Waals surface area contributed by atoms with Gasteiger partial charge in [0.25, 0.3) is 0 Å². The second-order valence-corrected chi connectivity index (χ2v) is 10.0. The summed E-state index contributed by atoms with van der Waals surface area (Å²) in [7, 11) is 2.18. The molecule has 0 atom stereocenters. The molecule has 188 valence electrons. The first-order valence-corrected chi connectivity index (χ1v) is 13.2. The maximum absolute atomic E-state index is 13.6. The molecule has 1 N–H and O–H groups in total. The van der Waals surface area contributed by atoms with E-state index in [0.29, 0.717) is 6.54 Å². The summed E-state index contributed by atoms with van der Waals surface area (Å²) in [5, 5.41) is 5.38. The minimum atomic E-state index is -0.0749. The molecule has 6 heteroatoms. The Labute approximate surface area is 218 Å². The Kier molecular flexibility index (Phi) is 6.26. The van der Waals surface area contributed by atoms with E-state index in [9.17, 15) is 4.79 Å². The lowest BCUT2D eigenvalue weighted by atomic mass is 9.98. The summed E-state index contributed by atoms with van der Waals surface area (Å²) in [5.74, 6) is 0. The number of piperazine rings is 1. The van der Waals surface area contributed by atoms with Crippen molar-refractivity contribution in [3.63, 3.8) is 0 Å². The average molecular weight is 492 g/mol. The second-order valence-electron chi connectivity index (χ2n) is 10.0. The predicted molar refractivity (Wildman–Crippen MR) is 153 cm³/mol. The normalized spacial score (nSPS) is 15.7. The summed E-state index contributed by atoms with van der Waals surface area (Å²) < 4.78 is 0. The minimum Gasteiger partial charge on any atom is -0.369 e. The Hall–Kier alpha value is -3.90. The van der Waals surface area contributed by atoms with Crippen LogP contribution in [0.2, 0.25) is 0 Å². The number of carbonyl (C=O) groups is 1. The number of likely N-dealkylation sites (N-methyl/N-ethyl adjacent to an activating group) is 1. The van der Waals surface area contributed by atoms with Crippen molar-refractivity contribution < 1.29 is 4.79 Å². The van der Waals surface area contributed by atoms with E-state index in [-0.39, 0.29) is 6.03 Å². The number of benzene rings is 3. The average Bonchev–Trinajstić information content (AvgIpc) is 3.36. The number of amides is 2. The number of pyridine rings is 1. The van der Waals surface area contributed by atoms with Crippen molar-refractivity contribution in [1.29, 1.82) is 0 Å². The topological polar surface area (TPSA) is 51.7 Å². The fourth-order valence-electron chi connectivity index (χ4n) is 5.69. The Morgan fingerprint density at radius 2 is 1.65 bits per heavy atom. The smallest absolute Gasteiger partial charge is 0.326 e. The van der Waals surface area contributed by atoms with Gasteiger partial charge in [-0.1, -0.05) is 43.3 Å². The van der Waals surface area contributed by atoms with Crippen LogP contribution in [0.5, 0.6) is 0 Å². The number of nitrogens with zero attached hydrogens (tertiary/aromatic N) is 4. The molecule has 0 aliphatic carbocycles. The zero-order valence-corrected chi connectivity index (χ0v) is 21.6. The third-order valence-electron chi connectivity index (χ3n) is 7.80. The second kappa shape index (κ2) is 9.87. The van der Waals surface area contributed by atoms with Crippen molar-refractivity contribution in [2.24, 2.45) is 0 Å². The van der Waals surface area contributed by atoms with Gasteiger partial charge < -0.3 is 15.1 Å². The van der Waals surface area contributed by atoms with Crippen LogP contribution in [0.25, 0.3) is 21.9 Å². The number of hydrogen-bond acceptors (Lipinski definition) is 4. The monoisotopic (exact) mass is 491 g/mol. The van der Waals surface area contributed by atoms with Crippen molar-refractivity contribution in [2.75, 3.05) is 54.9 Å². The number of rotatable bonds is 4. The summed E-state index contributed by atoms with van der Waals surface area (Å²) in [4.78, 5) is 24.6. The maximum Gasteiger partial charge on any atom is 0.326 e. The molecule has 0 saturated carbocycles. The van der Waals surface area contributed by atoms with Gasteiger partial charge >= 0.3 is 6.03 Å². The Morgan fingerprint density at radius 3 is 2.41 bits per heavy atom. The molecule has 0 bridgehead atoms. The van der Waals surface area contributed by atoms with Gasteiger partial charge in [-0.05, 0) is 71.8 Å². The van der Waals surface area contributed by atoms with Crippen LogP contribution >= 0.6 is 0 Å². The Balaban J connectivity index is 1.31. The van der Waals surface area contributed by atoms with Crippen molar-refractivity contribution in [3.8, 4) is 11.1 Å². The molecule has 2 amide bonds. The molecule has 1 saturated heterocycles. The van der Waals surface area contributed by atoms with E-state index in [1.165, 1.54) is 16.8 Å². The molecule has 2 aliphatic rings. The number of anilines is 3. The SMILES string of the molecule is CCc1cc2c(cc1N1CCN(C)CC1)N(C(=O)Nc1ccc(-c3ccncc3)c3ccccc13)CC2. The standard InChI is InChI=1S/C31H33N5O/c1-3-22-20-24-12-15-36(30(24)21-29(22)35-18-16-34(2)17-19-35)31(37)33-28-9-8-25(23-10-13-32-14-11-23)26-6-4-5-7-27(26)28/h4-11,13-14,20-21H,3,12,15-19H2,1-2H3,(H,33,37). The molecule has 3 heterocycles. The zero-order valence-electron chi connectivity index (χ0n) is 21.6. The summed E-state index contributed by atoms with van der Waals surface area (Å²) in [6.07, 6.45) is 5.51. The van der Waals surface area contributed by atoms with Crippen LogP contribution in [-0.2, 0) is 12.8 Å². The highest BCUT2D eigenvalue weighted by molar-refractivity contribution is 6.11. The van der Waals surface area contributed by atoms with Crippen LogP contribution < -0.4 is 15.1 Å². The van der Waals surface area contributed by atoms with E-state index >= 15 is 0 Å². The van der Waals surface area contributed by atoms with Gasteiger partial charge in [-0.2, -0.15) is 0 Å². The molecule has 6 rings (SSSR count). The largest absolute Gasteiger partial charge is 0.369 e. The van der Waals surface area contributed by atoms with Gasteiger partial charge in [0.2, 0.25) is 0 Å². The summed E-state index contributed by atoms with van der Waals surface area (Å²) in [5.41, 5.74) is 8.04. The van der Waals surface area contributed by atoms with Crippen LogP contribution in [0.1, 0.15) is 18.1 Å². The van der Waals surface area contributed by atoms with Crippen LogP contribution in [0, 0.1) is 0 Å². The van der Waals surface area contributed by atoms with Crippen molar-refractivity contribution in [2.45, 2.75) is 19.8 Å². The Morgan fingerprint density at radius 1 is 0.892 bits per heavy atom. The third kappa shape index (κ3) is 4.42. The van der Waals surface area contributed by atoms with Crippen molar-refractivity contribution in [1.82, 2.24) is 9.88 Å². The molecule has 2 aliphatic heterocycles. The predicted octanol–water partition coefficient (Wildman–Crippen LogP) is 5.81. The number of aromatic nitrogens is 1. The molecule has 0 spiro atoms. The lowest BCUT2D eigenvalue weighted by Crippen LogP contribution is -2.44. The number of aryl methyl sites for hydroxylation is 1. The van der Waals surface area contributed by atoms with Gasteiger partial charge in [0.1, 0.15) is 0 Å². The van der Waals surface area contributed by atoms with Gasteiger partial charge in [-0.3, -0.25) is 9.88 Å². The van der Waals surface area contributed by atoms with Gasteiger partial charge in [0, 0.05) is 56.2 Å². The summed E-state index contributed by atoms with van der Waals surface area (Å²) >= 11 is 0. The fraction of sp³-hybridized carbons (Fsp3) is 0.290. The van der Waals surface area contributed by atoms with Crippen LogP contribution in [0.15, 0.2) is 73.1 Å². The quantitative estimate of drug-likeness (QED) is 0.391. The Bertz CT molecular complexity index is 1440. The molecule has 3 aromatic carbocycles. The van der Waals surface area contributed by atoms with Crippen molar-refractivity contribution in [3.05, 3.63) is 84.2 Å². The maximum atomic E-state index is 13.6. The highest BCUT2D eigenvalue weighted by Gasteiger charge is 2.28. The van der Waals surface area contributed by atoms with Gasteiger partial charge in [0.15, 0.2) is 0 Å². The fourth-order valence-corrected chi connectivity index (χ4v) is 5.69. The van der Waals surface area contributed by atoms with Crippen LogP contribution in [0.3, 0.4) is 0 Å². The molecule has 1 fully saturated rings. The van der Waals surface area contributed by atoms with Gasteiger partial charge in [-0.15, -0.1) is 0 Å². The highest BCUT2D eigenvalue weighted by Crippen LogP contribution is 2.37. The molecule has 0 unspecified atom stereocenters. The number of urea groups is 1. The number of nitrogens with one attached hydrogen (secondary N) is 1. The first-order chi connectivity index (χ1) is 18.1. The lowest BCUT2D eigenvalue weighted by Gasteiger charge is -2.35. The molecular weight excluding hydrogens is 458 g/mol. The zero-order chi connectivity index (χ0) is 25.4. The van der Waals surface area contributed by atoms with E-state index < -0.39 is 0 Å². The molecule has 0 radical (unpaired) electrons. The first kappa shape index (κ1) is 23.5. The van der Waals surface area contributed by atoms with E-state index in [0.717, 1.165) is 72.3 Å². The highest BCUT2D eigenvalue weighted by atomic mass is 16.2. The minimum absolute atomic E-state index is 0.0749. The molecule has 4 aromatic rings. The van der Waals surface area contributed by atoms with E-state index in [2.05, 4.69) is 64.4 Å². The van der Waals surface area contributed by atoms with E-state index in [1.807, 2.05) is 47.6 Å². The van der Waals surface area contributed by atoms with Crippen molar-refractivity contribution >= 4 is 33.9 Å². The van der Waals surface area contributed by atoms with Crippen LogP contribution in [-0.4, -0.2) is 55.7 Å².